The molecular formula is C33H48O9. The maximum Gasteiger partial charge on any atom is 0.303 e. The minimum atomic E-state index is -0.774. The Morgan fingerprint density at radius 2 is 1.79 bits per heavy atom. The molecule has 3 fully saturated rings. The average Bonchev–Trinajstić information content (AvgIpc) is 3.30. The Morgan fingerprint density at radius 1 is 1.00 bits per heavy atom. The Balaban J connectivity index is 1.27. The van der Waals surface area contributed by atoms with E-state index in [4.69, 9.17) is 33.5 Å². The highest BCUT2D eigenvalue weighted by molar-refractivity contribution is 5.66. The van der Waals surface area contributed by atoms with E-state index in [1.54, 1.807) is 0 Å². The number of fused-ring (bicyclic) bond motifs is 1. The Morgan fingerprint density at radius 3 is 2.55 bits per heavy atom. The first-order valence-corrected chi connectivity index (χ1v) is 16.0. The predicted octanol–water partition coefficient (Wildman–Crippen LogP) is 5.72. The molecular weight excluding hydrogens is 540 g/mol. The number of aliphatic hydroxyl groups is 1. The minimum absolute atomic E-state index is 0.0230. The second-order valence-corrected chi connectivity index (χ2v) is 12.0. The summed E-state index contributed by atoms with van der Waals surface area (Å²) in [6.07, 6.45) is 12.3. The monoisotopic (exact) mass is 588 g/mol. The third-order valence-corrected chi connectivity index (χ3v) is 8.97. The van der Waals surface area contributed by atoms with Crippen LogP contribution in [0.4, 0.5) is 0 Å². The highest BCUT2D eigenvalue weighted by Crippen LogP contribution is 2.42. The fourth-order valence-electron chi connectivity index (χ4n) is 6.68. The molecule has 4 aliphatic rings. The fourth-order valence-corrected chi connectivity index (χ4v) is 6.68. The van der Waals surface area contributed by atoms with Crippen LogP contribution in [-0.4, -0.2) is 66.6 Å². The van der Waals surface area contributed by atoms with Crippen LogP contribution in [0.2, 0.25) is 0 Å². The van der Waals surface area contributed by atoms with E-state index in [0.717, 1.165) is 56.3 Å². The summed E-state index contributed by atoms with van der Waals surface area (Å²) in [5, 5.41) is 20.1. The lowest BCUT2D eigenvalue weighted by molar-refractivity contribution is -0.252. The molecule has 5 rings (SSSR count). The first-order valence-electron chi connectivity index (χ1n) is 16.0. The van der Waals surface area contributed by atoms with E-state index in [9.17, 15) is 9.90 Å². The van der Waals surface area contributed by atoms with Crippen LogP contribution in [-0.2, 0) is 35.1 Å². The van der Waals surface area contributed by atoms with E-state index in [1.165, 1.54) is 0 Å². The maximum atomic E-state index is 11.2. The standard InChI is InChI=1S/C33H48O9/c34-26-21-29(41-32-16-8-10-20-38-32)25(24(26)12-3-1-2-4-14-30(35)36)17-18-28(40-31-15-7-9-19-37-31)33-39-22-23-11-5-6-13-27(23)42-33/h1,3,5-6,11,13,24-26,28-29,31-34H,2,4,7-10,12,14-22H2,(H,35,36)/t24-,25-,26+,28+,29-,31?,32?,33?/m1/s1. The van der Waals surface area contributed by atoms with Crippen molar-refractivity contribution in [1.82, 2.24) is 0 Å². The van der Waals surface area contributed by atoms with E-state index >= 15 is 0 Å². The van der Waals surface area contributed by atoms with Gasteiger partial charge in [-0.05, 0) is 88.5 Å². The zero-order valence-corrected chi connectivity index (χ0v) is 24.6. The molecule has 1 aromatic rings. The number of hydrogen-bond donors (Lipinski definition) is 2. The van der Waals surface area contributed by atoms with Crippen molar-refractivity contribution in [3.05, 3.63) is 42.0 Å². The van der Waals surface area contributed by atoms with Crippen LogP contribution in [0.15, 0.2) is 36.4 Å². The third-order valence-electron chi connectivity index (χ3n) is 8.97. The van der Waals surface area contributed by atoms with Gasteiger partial charge in [0.1, 0.15) is 11.9 Å². The van der Waals surface area contributed by atoms with Crippen LogP contribution in [0.1, 0.15) is 89.0 Å². The molecule has 0 bridgehead atoms. The van der Waals surface area contributed by atoms with E-state index < -0.39 is 18.4 Å². The number of benzene rings is 1. The number of ether oxygens (including phenoxy) is 6. The summed E-state index contributed by atoms with van der Waals surface area (Å²) in [7, 11) is 0. The summed E-state index contributed by atoms with van der Waals surface area (Å²) in [4.78, 5) is 10.8. The number of carbonyl (C=O) groups is 1. The van der Waals surface area contributed by atoms with Gasteiger partial charge in [-0.2, -0.15) is 0 Å². The molecule has 1 aromatic carbocycles. The molecule has 1 aliphatic carbocycles. The lowest BCUT2D eigenvalue weighted by atomic mass is 9.85. The van der Waals surface area contributed by atoms with Crippen molar-refractivity contribution >= 4 is 5.97 Å². The number of hydrogen-bond acceptors (Lipinski definition) is 8. The lowest BCUT2D eigenvalue weighted by Crippen LogP contribution is -2.42. The molecule has 2 N–H and O–H groups in total. The van der Waals surface area contributed by atoms with Gasteiger partial charge < -0.3 is 38.6 Å². The van der Waals surface area contributed by atoms with Gasteiger partial charge in [-0.15, -0.1) is 0 Å². The third kappa shape index (κ3) is 9.00. The quantitative estimate of drug-likeness (QED) is 0.208. The maximum absolute atomic E-state index is 11.2. The molecule has 42 heavy (non-hydrogen) atoms. The molecule has 234 valence electrons. The molecule has 0 aromatic heterocycles. The topological polar surface area (TPSA) is 113 Å². The summed E-state index contributed by atoms with van der Waals surface area (Å²) in [6, 6.07) is 7.94. The van der Waals surface area contributed by atoms with Crippen molar-refractivity contribution in [2.75, 3.05) is 13.2 Å². The molecule has 3 unspecified atom stereocenters. The first kappa shape index (κ1) is 31.4. The van der Waals surface area contributed by atoms with Gasteiger partial charge >= 0.3 is 5.97 Å². The number of rotatable bonds is 14. The summed E-state index contributed by atoms with van der Waals surface area (Å²) in [5.74, 6) is 0.174. The smallest absolute Gasteiger partial charge is 0.303 e. The van der Waals surface area contributed by atoms with Crippen molar-refractivity contribution in [3.63, 3.8) is 0 Å². The number of allylic oxidation sites excluding steroid dienone is 2. The van der Waals surface area contributed by atoms with Crippen LogP contribution in [0.3, 0.4) is 0 Å². The normalized spacial score (nSPS) is 32.4. The molecule has 9 heteroatoms. The van der Waals surface area contributed by atoms with Crippen LogP contribution < -0.4 is 4.74 Å². The van der Waals surface area contributed by atoms with E-state index in [-0.39, 0.29) is 43.0 Å². The van der Waals surface area contributed by atoms with Gasteiger partial charge in [0.2, 0.25) is 6.29 Å². The number of para-hydroxylation sites is 1. The largest absolute Gasteiger partial charge is 0.481 e. The van der Waals surface area contributed by atoms with Crippen LogP contribution in [0.25, 0.3) is 0 Å². The number of carboxylic acids is 1. The molecule has 0 spiro atoms. The van der Waals surface area contributed by atoms with Crippen molar-refractivity contribution in [2.45, 2.75) is 127 Å². The second kappa shape index (κ2) is 16.2. The van der Waals surface area contributed by atoms with Crippen LogP contribution >= 0.6 is 0 Å². The molecule has 0 amide bonds. The zero-order valence-electron chi connectivity index (χ0n) is 24.6. The Labute approximate surface area is 249 Å². The summed E-state index contributed by atoms with van der Waals surface area (Å²) >= 11 is 0. The predicted molar refractivity (Wildman–Crippen MR) is 155 cm³/mol. The molecule has 2 saturated heterocycles. The Kier molecular flexibility index (Phi) is 12.1. The average molecular weight is 589 g/mol. The molecule has 3 heterocycles. The zero-order chi connectivity index (χ0) is 29.1. The lowest BCUT2D eigenvalue weighted by Gasteiger charge is -2.36. The molecule has 3 aliphatic heterocycles. The second-order valence-electron chi connectivity index (χ2n) is 12.0. The van der Waals surface area contributed by atoms with Crippen LogP contribution in [0, 0.1) is 11.8 Å². The first-order chi connectivity index (χ1) is 20.6. The highest BCUT2D eigenvalue weighted by Gasteiger charge is 2.44. The number of aliphatic hydroxyl groups excluding tert-OH is 1. The summed E-state index contributed by atoms with van der Waals surface area (Å²) < 4.78 is 37.4. The van der Waals surface area contributed by atoms with Crippen LogP contribution in [0.5, 0.6) is 5.75 Å². The Hall–Kier alpha value is -2.01. The van der Waals surface area contributed by atoms with E-state index in [2.05, 4.69) is 6.08 Å². The Bertz CT molecular complexity index is 987. The fraction of sp³-hybridized carbons (Fsp3) is 0.727. The molecule has 8 atom stereocenters. The number of aliphatic carboxylic acids is 1. The van der Waals surface area contributed by atoms with Crippen molar-refractivity contribution in [1.29, 1.82) is 0 Å². The molecule has 0 radical (unpaired) electrons. The van der Waals surface area contributed by atoms with E-state index in [1.807, 2.05) is 30.3 Å². The van der Waals surface area contributed by atoms with Gasteiger partial charge in [0, 0.05) is 31.6 Å². The van der Waals surface area contributed by atoms with E-state index in [0.29, 0.717) is 51.9 Å². The highest BCUT2D eigenvalue weighted by atomic mass is 16.7. The van der Waals surface area contributed by atoms with Gasteiger partial charge in [0.25, 0.3) is 0 Å². The van der Waals surface area contributed by atoms with Gasteiger partial charge in [-0.3, -0.25) is 4.79 Å². The van der Waals surface area contributed by atoms with Gasteiger partial charge in [0.05, 0.1) is 18.8 Å². The molecule has 9 nitrogen and oxygen atoms in total. The van der Waals surface area contributed by atoms with Crippen molar-refractivity contribution in [2.24, 2.45) is 11.8 Å². The SMILES string of the molecule is O=C(O)CCCC=CC[C@@H]1[C@@H](CC[C@H](OC2CCCCO2)C2OCc3ccccc3O2)[C@H](OC2CCCCO2)C[C@@H]1O. The van der Waals surface area contributed by atoms with Gasteiger partial charge in [-0.25, -0.2) is 0 Å². The number of carboxylic acid groups (broad SMARTS) is 1. The number of unbranched alkanes of at least 4 members (excludes halogenated alkanes) is 1. The molecule has 1 saturated carbocycles. The van der Waals surface area contributed by atoms with Crippen molar-refractivity contribution < 1.29 is 43.4 Å². The van der Waals surface area contributed by atoms with Gasteiger partial charge in [0.15, 0.2) is 12.6 Å². The summed E-state index contributed by atoms with van der Waals surface area (Å²) in [6.45, 7) is 1.87. The van der Waals surface area contributed by atoms with Crippen molar-refractivity contribution in [3.8, 4) is 5.75 Å². The minimum Gasteiger partial charge on any atom is -0.481 e. The van der Waals surface area contributed by atoms with Gasteiger partial charge in [-0.1, -0.05) is 30.4 Å². The summed E-state index contributed by atoms with van der Waals surface area (Å²) in [5.41, 5.74) is 1.02.